The minimum Gasteiger partial charge on any atom is -0.416 e. The molecule has 3 N–H and O–H groups in total. The van der Waals surface area contributed by atoms with Gasteiger partial charge in [-0.3, -0.25) is 4.79 Å². The summed E-state index contributed by atoms with van der Waals surface area (Å²) in [6, 6.07) is -0.364. The quantitative estimate of drug-likeness (QED) is 0.671. The number of hydrogen-bond acceptors (Lipinski definition) is 6. The normalized spacial score (nSPS) is 12.6. The lowest BCUT2D eigenvalue weighted by atomic mass is 10.3. The lowest BCUT2D eigenvalue weighted by molar-refractivity contribution is -0.119. The molecule has 7 heteroatoms. The Bertz CT molecular complexity index is 342. The van der Waals surface area contributed by atoms with Crippen molar-refractivity contribution in [1.82, 2.24) is 15.5 Å². The number of carbonyl (C=O) groups is 1. The second-order valence-corrected chi connectivity index (χ2v) is 4.28. The Labute approximate surface area is 98.4 Å². The van der Waals surface area contributed by atoms with E-state index in [1.807, 2.05) is 6.92 Å². The molecular weight excluding hydrogens is 228 g/mol. The largest absolute Gasteiger partial charge is 0.416 e. The third-order valence-corrected chi connectivity index (χ3v) is 2.78. The van der Waals surface area contributed by atoms with Crippen LogP contribution in [0.4, 0.5) is 0 Å². The van der Waals surface area contributed by atoms with Crippen molar-refractivity contribution in [2.75, 3.05) is 12.3 Å². The summed E-state index contributed by atoms with van der Waals surface area (Å²) in [6.45, 7) is 4.51. The summed E-state index contributed by atoms with van der Waals surface area (Å²) in [5.74, 6) is 0.647. The molecule has 6 nitrogen and oxygen atoms in total. The van der Waals surface area contributed by atoms with Crippen molar-refractivity contribution in [3.05, 3.63) is 5.89 Å². The maximum absolute atomic E-state index is 11.1. The first-order valence-electron chi connectivity index (χ1n) is 5.09. The molecule has 0 radical (unpaired) electrons. The number of hydrogen-bond donors (Lipinski definition) is 2. The summed E-state index contributed by atoms with van der Waals surface area (Å²) in [5, 5.41) is 11.0. The van der Waals surface area contributed by atoms with Gasteiger partial charge < -0.3 is 15.5 Å². The highest BCUT2D eigenvalue weighted by atomic mass is 32.2. The smallest absolute Gasteiger partial charge is 0.276 e. The summed E-state index contributed by atoms with van der Waals surface area (Å²) in [4.78, 5) is 11.1. The molecule has 1 unspecified atom stereocenters. The van der Waals surface area contributed by atoms with Crippen LogP contribution in [0.5, 0.6) is 0 Å². The Balaban J connectivity index is 2.40. The molecule has 0 spiro atoms. The van der Waals surface area contributed by atoms with Crippen molar-refractivity contribution < 1.29 is 9.21 Å². The van der Waals surface area contributed by atoms with Crippen molar-refractivity contribution in [3.63, 3.8) is 0 Å². The predicted octanol–water partition coefficient (Wildman–Crippen LogP) is 0.324. The zero-order valence-corrected chi connectivity index (χ0v) is 10.2. The van der Waals surface area contributed by atoms with Crippen LogP contribution in [0.2, 0.25) is 0 Å². The van der Waals surface area contributed by atoms with Crippen molar-refractivity contribution >= 4 is 17.7 Å². The summed E-state index contributed by atoms with van der Waals surface area (Å²) >= 11 is 1.32. The lowest BCUT2D eigenvalue weighted by Crippen LogP contribution is -2.43. The monoisotopic (exact) mass is 244 g/mol. The summed E-state index contributed by atoms with van der Waals surface area (Å²) in [6.07, 6.45) is 0.952. The van der Waals surface area contributed by atoms with E-state index in [9.17, 15) is 4.79 Å². The third-order valence-electron chi connectivity index (χ3n) is 1.87. The molecule has 90 valence electrons. The van der Waals surface area contributed by atoms with E-state index in [0.29, 0.717) is 16.9 Å². The molecule has 0 bridgehead atoms. The number of primary amides is 1. The van der Waals surface area contributed by atoms with Crippen LogP contribution in [0.1, 0.15) is 19.2 Å². The molecule has 1 rings (SSSR count). The Morgan fingerprint density at radius 1 is 1.62 bits per heavy atom. The average Bonchev–Trinajstić information content (AvgIpc) is 2.64. The Kier molecular flexibility index (Phi) is 5.27. The second-order valence-electron chi connectivity index (χ2n) is 3.31. The topological polar surface area (TPSA) is 94.0 Å². The van der Waals surface area contributed by atoms with Gasteiger partial charge in [-0.15, -0.1) is 10.2 Å². The molecule has 0 saturated carbocycles. The number of amides is 1. The Hall–Kier alpha value is -1.08. The summed E-state index contributed by atoms with van der Waals surface area (Å²) in [5.41, 5.74) is 5.27. The zero-order valence-electron chi connectivity index (χ0n) is 9.40. The fourth-order valence-electron chi connectivity index (χ4n) is 1.05. The molecule has 0 saturated heterocycles. The standard InChI is InChI=1S/C9H16N4O2S/c1-3-4-11-7(8(10)14)5-16-9-13-12-6(2)15-9/h7,11H,3-5H2,1-2H3,(H2,10,14). The molecule has 0 aliphatic carbocycles. The molecule has 0 aliphatic heterocycles. The average molecular weight is 244 g/mol. The number of aromatic nitrogens is 2. The van der Waals surface area contributed by atoms with Gasteiger partial charge in [-0.05, 0) is 13.0 Å². The second kappa shape index (κ2) is 6.49. The molecule has 0 aromatic carbocycles. The molecular formula is C9H16N4O2S. The SMILES string of the molecule is CCCNC(CSc1nnc(C)o1)C(N)=O. The maximum Gasteiger partial charge on any atom is 0.276 e. The van der Waals surface area contributed by atoms with Crippen LogP contribution in [-0.4, -0.2) is 34.4 Å². The van der Waals surface area contributed by atoms with E-state index < -0.39 is 0 Å². The molecule has 16 heavy (non-hydrogen) atoms. The van der Waals surface area contributed by atoms with E-state index in [4.69, 9.17) is 10.2 Å². The van der Waals surface area contributed by atoms with Crippen LogP contribution in [0.15, 0.2) is 9.64 Å². The molecule has 0 fully saturated rings. The molecule has 1 atom stereocenters. The first-order chi connectivity index (χ1) is 7.63. The zero-order chi connectivity index (χ0) is 12.0. The molecule has 1 aromatic rings. The highest BCUT2D eigenvalue weighted by Gasteiger charge is 2.16. The first-order valence-corrected chi connectivity index (χ1v) is 6.07. The third kappa shape index (κ3) is 4.19. The summed E-state index contributed by atoms with van der Waals surface area (Å²) < 4.78 is 5.18. The van der Waals surface area contributed by atoms with Crippen LogP contribution < -0.4 is 11.1 Å². The van der Waals surface area contributed by atoms with Gasteiger partial charge in [-0.2, -0.15) is 0 Å². The molecule has 1 heterocycles. The van der Waals surface area contributed by atoms with E-state index in [1.165, 1.54) is 11.8 Å². The van der Waals surface area contributed by atoms with Crippen molar-refractivity contribution in [1.29, 1.82) is 0 Å². The molecule has 1 aromatic heterocycles. The Morgan fingerprint density at radius 3 is 2.88 bits per heavy atom. The number of nitrogens with one attached hydrogen (secondary N) is 1. The van der Waals surface area contributed by atoms with Crippen LogP contribution in [0.3, 0.4) is 0 Å². The number of nitrogens with zero attached hydrogens (tertiary/aromatic N) is 2. The number of rotatable bonds is 7. The first kappa shape index (κ1) is 13.0. The van der Waals surface area contributed by atoms with Gasteiger partial charge in [-0.1, -0.05) is 18.7 Å². The van der Waals surface area contributed by atoms with E-state index in [0.717, 1.165) is 13.0 Å². The van der Waals surface area contributed by atoms with Crippen LogP contribution in [0.25, 0.3) is 0 Å². The van der Waals surface area contributed by atoms with E-state index in [2.05, 4.69) is 15.5 Å². The van der Waals surface area contributed by atoms with Crippen LogP contribution in [0, 0.1) is 6.92 Å². The van der Waals surface area contributed by atoms with Gasteiger partial charge in [0.25, 0.3) is 5.22 Å². The highest BCUT2D eigenvalue weighted by Crippen LogP contribution is 2.16. The van der Waals surface area contributed by atoms with Gasteiger partial charge in [0.2, 0.25) is 11.8 Å². The fraction of sp³-hybridized carbons (Fsp3) is 0.667. The van der Waals surface area contributed by atoms with E-state index >= 15 is 0 Å². The number of aryl methyl sites for hydroxylation is 1. The van der Waals surface area contributed by atoms with Gasteiger partial charge in [0.1, 0.15) is 0 Å². The van der Waals surface area contributed by atoms with Gasteiger partial charge >= 0.3 is 0 Å². The van der Waals surface area contributed by atoms with E-state index in [-0.39, 0.29) is 11.9 Å². The van der Waals surface area contributed by atoms with Crippen molar-refractivity contribution in [3.8, 4) is 0 Å². The molecule has 0 aliphatic rings. The molecule has 1 amide bonds. The predicted molar refractivity (Wildman–Crippen MR) is 61.0 cm³/mol. The van der Waals surface area contributed by atoms with Crippen LogP contribution >= 0.6 is 11.8 Å². The Morgan fingerprint density at radius 2 is 2.38 bits per heavy atom. The van der Waals surface area contributed by atoms with Gasteiger partial charge in [0, 0.05) is 12.7 Å². The van der Waals surface area contributed by atoms with Gasteiger partial charge in [0.15, 0.2) is 0 Å². The van der Waals surface area contributed by atoms with Crippen molar-refractivity contribution in [2.45, 2.75) is 31.5 Å². The lowest BCUT2D eigenvalue weighted by Gasteiger charge is -2.12. The number of thioether (sulfide) groups is 1. The van der Waals surface area contributed by atoms with Gasteiger partial charge in [-0.25, -0.2) is 0 Å². The van der Waals surface area contributed by atoms with E-state index in [1.54, 1.807) is 6.92 Å². The number of carbonyl (C=O) groups excluding carboxylic acids is 1. The minimum absolute atomic E-state index is 0.364. The fourth-order valence-corrected chi connectivity index (χ4v) is 1.92. The minimum atomic E-state index is -0.364. The van der Waals surface area contributed by atoms with Crippen LogP contribution in [-0.2, 0) is 4.79 Å². The maximum atomic E-state index is 11.1. The number of nitrogens with two attached hydrogens (primary N) is 1. The summed E-state index contributed by atoms with van der Waals surface area (Å²) in [7, 11) is 0. The van der Waals surface area contributed by atoms with Crippen molar-refractivity contribution in [2.24, 2.45) is 5.73 Å². The van der Waals surface area contributed by atoms with Gasteiger partial charge in [0.05, 0.1) is 6.04 Å². The highest BCUT2D eigenvalue weighted by molar-refractivity contribution is 7.99.